The van der Waals surface area contributed by atoms with E-state index in [4.69, 9.17) is 0 Å². The van der Waals surface area contributed by atoms with Gasteiger partial charge in [-0.2, -0.15) is 0 Å². The summed E-state index contributed by atoms with van der Waals surface area (Å²) in [7, 11) is 5.70. The summed E-state index contributed by atoms with van der Waals surface area (Å²) in [5, 5.41) is 3.18. The lowest BCUT2D eigenvalue weighted by molar-refractivity contribution is 0.460. The number of guanidine groups is 1. The minimum Gasteiger partial charge on any atom is -0.353 e. The van der Waals surface area contributed by atoms with Crippen molar-refractivity contribution in [2.24, 2.45) is 12.0 Å². The molecule has 4 nitrogen and oxygen atoms in total. The Morgan fingerprint density at radius 2 is 2.05 bits per heavy atom. The van der Waals surface area contributed by atoms with E-state index in [1.54, 1.807) is 19.2 Å². The largest absolute Gasteiger partial charge is 0.353 e. The first-order valence-electron chi connectivity index (χ1n) is 6.87. The topological polar surface area (TPSA) is 32.6 Å². The highest BCUT2D eigenvalue weighted by Crippen LogP contribution is 2.07. The Morgan fingerprint density at radius 1 is 1.29 bits per heavy atom. The molecule has 0 saturated carbocycles. The van der Waals surface area contributed by atoms with Gasteiger partial charge in [-0.15, -0.1) is 0 Å². The highest BCUT2D eigenvalue weighted by molar-refractivity contribution is 5.79. The van der Waals surface area contributed by atoms with Gasteiger partial charge in [0.1, 0.15) is 5.82 Å². The van der Waals surface area contributed by atoms with Gasteiger partial charge in [0.2, 0.25) is 0 Å². The Hall–Kier alpha value is -2.30. The number of aromatic nitrogens is 1. The average molecular weight is 288 g/mol. The van der Waals surface area contributed by atoms with E-state index in [1.165, 1.54) is 11.8 Å². The number of aliphatic imine (C=N–C) groups is 1. The monoisotopic (exact) mass is 288 g/mol. The molecule has 1 N–H and O–H groups in total. The maximum absolute atomic E-state index is 13.6. The van der Waals surface area contributed by atoms with Gasteiger partial charge in [0, 0.05) is 45.1 Å². The Morgan fingerprint density at radius 3 is 2.67 bits per heavy atom. The zero-order valence-electron chi connectivity index (χ0n) is 12.7. The SMILES string of the molecule is CN=C(NCc1ccccc1F)N(C)Cc1cccn1C. The Balaban J connectivity index is 1.97. The van der Waals surface area contributed by atoms with Crippen molar-refractivity contribution in [2.75, 3.05) is 14.1 Å². The fourth-order valence-corrected chi connectivity index (χ4v) is 2.18. The Bertz CT molecular complexity index is 618. The van der Waals surface area contributed by atoms with Gasteiger partial charge in [-0.1, -0.05) is 18.2 Å². The molecule has 0 radical (unpaired) electrons. The minimum absolute atomic E-state index is 0.203. The number of benzene rings is 1. The third-order valence-corrected chi connectivity index (χ3v) is 3.42. The summed E-state index contributed by atoms with van der Waals surface area (Å²) in [4.78, 5) is 6.25. The fourth-order valence-electron chi connectivity index (χ4n) is 2.18. The minimum atomic E-state index is -0.203. The molecule has 2 aromatic rings. The van der Waals surface area contributed by atoms with Gasteiger partial charge in [0.25, 0.3) is 0 Å². The molecule has 0 amide bonds. The van der Waals surface area contributed by atoms with Crippen LogP contribution in [-0.2, 0) is 20.1 Å². The molecular weight excluding hydrogens is 267 g/mol. The van der Waals surface area contributed by atoms with Crippen LogP contribution in [0.1, 0.15) is 11.3 Å². The number of aryl methyl sites for hydroxylation is 1. The van der Waals surface area contributed by atoms with Crippen molar-refractivity contribution >= 4 is 5.96 Å². The van der Waals surface area contributed by atoms with Crippen LogP contribution in [0.15, 0.2) is 47.6 Å². The molecule has 0 aliphatic heterocycles. The van der Waals surface area contributed by atoms with Crippen LogP contribution in [0, 0.1) is 5.82 Å². The van der Waals surface area contributed by atoms with Crippen LogP contribution < -0.4 is 5.32 Å². The molecule has 0 saturated heterocycles. The summed E-state index contributed by atoms with van der Waals surface area (Å²) in [6, 6.07) is 10.8. The van der Waals surface area contributed by atoms with E-state index >= 15 is 0 Å². The molecule has 1 aromatic carbocycles. The van der Waals surface area contributed by atoms with E-state index in [0.717, 1.165) is 12.5 Å². The molecule has 0 fully saturated rings. The van der Waals surface area contributed by atoms with Crippen molar-refractivity contribution in [2.45, 2.75) is 13.1 Å². The highest BCUT2D eigenvalue weighted by atomic mass is 19.1. The van der Waals surface area contributed by atoms with Crippen molar-refractivity contribution in [1.82, 2.24) is 14.8 Å². The number of hydrogen-bond acceptors (Lipinski definition) is 1. The van der Waals surface area contributed by atoms with Crippen molar-refractivity contribution in [1.29, 1.82) is 0 Å². The van der Waals surface area contributed by atoms with Crippen molar-refractivity contribution < 1.29 is 4.39 Å². The van der Waals surface area contributed by atoms with Crippen molar-refractivity contribution in [3.05, 3.63) is 59.7 Å². The normalized spacial score (nSPS) is 11.5. The maximum Gasteiger partial charge on any atom is 0.194 e. The molecule has 21 heavy (non-hydrogen) atoms. The number of halogens is 1. The lowest BCUT2D eigenvalue weighted by Gasteiger charge is -2.22. The number of rotatable bonds is 4. The van der Waals surface area contributed by atoms with Crippen LogP contribution in [-0.4, -0.2) is 29.5 Å². The van der Waals surface area contributed by atoms with E-state index in [0.29, 0.717) is 12.1 Å². The van der Waals surface area contributed by atoms with Crippen LogP contribution in [0.25, 0.3) is 0 Å². The molecule has 0 atom stereocenters. The smallest absolute Gasteiger partial charge is 0.194 e. The quantitative estimate of drug-likeness (QED) is 0.692. The Labute approximate surface area is 124 Å². The molecule has 0 aliphatic rings. The molecule has 0 bridgehead atoms. The molecular formula is C16H21FN4. The van der Waals surface area contributed by atoms with E-state index in [1.807, 2.05) is 37.3 Å². The summed E-state index contributed by atoms with van der Waals surface area (Å²) < 4.78 is 15.7. The van der Waals surface area contributed by atoms with Gasteiger partial charge >= 0.3 is 0 Å². The lowest BCUT2D eigenvalue weighted by atomic mass is 10.2. The van der Waals surface area contributed by atoms with Crippen molar-refractivity contribution in [3.8, 4) is 0 Å². The van der Waals surface area contributed by atoms with Crippen LogP contribution in [0.2, 0.25) is 0 Å². The second-order valence-corrected chi connectivity index (χ2v) is 4.96. The van der Waals surface area contributed by atoms with E-state index in [-0.39, 0.29) is 5.82 Å². The fraction of sp³-hybridized carbons (Fsp3) is 0.312. The first kappa shape index (κ1) is 15.1. The predicted octanol–water partition coefficient (Wildman–Crippen LogP) is 2.37. The molecule has 112 valence electrons. The summed E-state index contributed by atoms with van der Waals surface area (Å²) in [6.45, 7) is 1.15. The standard InChI is InChI=1S/C16H21FN4/c1-18-16(19-11-13-7-4-5-9-15(13)17)21(3)12-14-8-6-10-20(14)2/h4-10H,11-12H2,1-3H3,(H,18,19). The summed E-state index contributed by atoms with van der Waals surface area (Å²) in [6.07, 6.45) is 2.01. The van der Waals surface area contributed by atoms with Gasteiger partial charge in [0.05, 0.1) is 6.54 Å². The zero-order chi connectivity index (χ0) is 15.2. The van der Waals surface area contributed by atoms with E-state index < -0.39 is 0 Å². The second-order valence-electron chi connectivity index (χ2n) is 4.96. The second kappa shape index (κ2) is 6.92. The number of nitrogens with one attached hydrogen (secondary N) is 1. The highest BCUT2D eigenvalue weighted by Gasteiger charge is 2.09. The zero-order valence-corrected chi connectivity index (χ0v) is 12.7. The molecule has 0 spiro atoms. The van der Waals surface area contributed by atoms with Gasteiger partial charge in [0.15, 0.2) is 5.96 Å². The molecule has 1 aromatic heterocycles. The lowest BCUT2D eigenvalue weighted by Crippen LogP contribution is -2.38. The number of nitrogens with zero attached hydrogens (tertiary/aromatic N) is 3. The van der Waals surface area contributed by atoms with Crippen molar-refractivity contribution in [3.63, 3.8) is 0 Å². The van der Waals surface area contributed by atoms with E-state index in [2.05, 4.69) is 20.9 Å². The van der Waals surface area contributed by atoms with Gasteiger partial charge in [-0.25, -0.2) is 4.39 Å². The maximum atomic E-state index is 13.6. The summed E-state index contributed by atoms with van der Waals surface area (Å²) >= 11 is 0. The Kier molecular flexibility index (Phi) is 4.98. The van der Waals surface area contributed by atoms with E-state index in [9.17, 15) is 4.39 Å². The van der Waals surface area contributed by atoms with Gasteiger partial charge < -0.3 is 14.8 Å². The molecule has 2 rings (SSSR count). The summed E-state index contributed by atoms with van der Waals surface area (Å²) in [5.74, 6) is 0.532. The van der Waals surface area contributed by atoms with Gasteiger partial charge in [-0.05, 0) is 18.2 Å². The average Bonchev–Trinajstić information content (AvgIpc) is 2.87. The van der Waals surface area contributed by atoms with Crippen LogP contribution in [0.3, 0.4) is 0 Å². The van der Waals surface area contributed by atoms with Crippen LogP contribution >= 0.6 is 0 Å². The molecule has 0 aliphatic carbocycles. The number of hydrogen-bond donors (Lipinski definition) is 1. The van der Waals surface area contributed by atoms with Gasteiger partial charge in [-0.3, -0.25) is 4.99 Å². The predicted molar refractivity (Wildman–Crippen MR) is 83.5 cm³/mol. The van der Waals surface area contributed by atoms with Crippen LogP contribution in [0.5, 0.6) is 0 Å². The summed E-state index contributed by atoms with van der Waals surface area (Å²) in [5.41, 5.74) is 1.82. The first-order chi connectivity index (χ1) is 10.1. The first-order valence-corrected chi connectivity index (χ1v) is 6.87. The molecule has 1 heterocycles. The molecule has 0 unspecified atom stereocenters. The van der Waals surface area contributed by atoms with Crippen LogP contribution in [0.4, 0.5) is 4.39 Å². The third-order valence-electron chi connectivity index (χ3n) is 3.42. The third kappa shape index (κ3) is 3.84. The molecule has 5 heteroatoms.